The van der Waals surface area contributed by atoms with E-state index in [9.17, 15) is 0 Å². The van der Waals surface area contributed by atoms with Crippen LogP contribution in [0.3, 0.4) is 0 Å². The Morgan fingerprint density at radius 3 is 3.00 bits per heavy atom. The first-order valence-corrected chi connectivity index (χ1v) is 5.33. The predicted octanol–water partition coefficient (Wildman–Crippen LogP) is 3.25. The number of nitrogen functional groups attached to an aromatic ring is 1. The molecule has 0 saturated carbocycles. The van der Waals surface area contributed by atoms with E-state index in [-0.39, 0.29) is 0 Å². The number of rotatable bonds is 4. The van der Waals surface area contributed by atoms with E-state index in [1.807, 2.05) is 25.1 Å². The Morgan fingerprint density at radius 1 is 1.54 bits per heavy atom. The van der Waals surface area contributed by atoms with E-state index in [2.05, 4.69) is 12.6 Å². The number of nitrogens with two attached hydrogens (primary N) is 1. The van der Waals surface area contributed by atoms with Crippen LogP contribution in [0.4, 0.5) is 5.69 Å². The van der Waals surface area contributed by atoms with Crippen molar-refractivity contribution in [1.82, 2.24) is 0 Å². The van der Waals surface area contributed by atoms with E-state index >= 15 is 0 Å². The predicted molar refractivity (Wildman–Crippen MR) is 61.1 cm³/mol. The average molecular weight is 193 g/mol. The molecule has 0 amide bonds. The van der Waals surface area contributed by atoms with E-state index in [4.69, 9.17) is 5.73 Å². The molecule has 0 heterocycles. The third-order valence-electron chi connectivity index (χ3n) is 1.86. The number of allylic oxidation sites excluding steroid dienone is 1. The van der Waals surface area contributed by atoms with Crippen LogP contribution in [0.15, 0.2) is 35.7 Å². The standard InChI is InChI=1S/C11H15NS/c1-3-4-8-13-10-7-5-6-9(2)11(10)12/h3,5-7H,1,4,8,12H2,2H3. The van der Waals surface area contributed by atoms with E-state index < -0.39 is 0 Å². The zero-order valence-electron chi connectivity index (χ0n) is 7.92. The van der Waals surface area contributed by atoms with Crippen LogP contribution in [0, 0.1) is 6.92 Å². The van der Waals surface area contributed by atoms with Crippen molar-refractivity contribution in [2.24, 2.45) is 0 Å². The van der Waals surface area contributed by atoms with Crippen LogP contribution in [0.2, 0.25) is 0 Å². The maximum Gasteiger partial charge on any atom is 0.0481 e. The van der Waals surface area contributed by atoms with Gasteiger partial charge in [0.1, 0.15) is 0 Å². The summed E-state index contributed by atoms with van der Waals surface area (Å²) in [6.07, 6.45) is 2.96. The monoisotopic (exact) mass is 193 g/mol. The zero-order chi connectivity index (χ0) is 9.68. The van der Waals surface area contributed by atoms with Gasteiger partial charge in [0.15, 0.2) is 0 Å². The second-order valence-corrected chi connectivity index (χ2v) is 4.05. The maximum atomic E-state index is 5.92. The Hall–Kier alpha value is -0.890. The lowest BCUT2D eigenvalue weighted by Crippen LogP contribution is -1.92. The fourth-order valence-corrected chi connectivity index (χ4v) is 2.03. The van der Waals surface area contributed by atoms with Crippen LogP contribution < -0.4 is 5.73 Å². The second-order valence-electron chi connectivity index (χ2n) is 2.91. The first-order chi connectivity index (χ1) is 6.25. The van der Waals surface area contributed by atoms with E-state index in [1.54, 1.807) is 11.8 Å². The van der Waals surface area contributed by atoms with Crippen molar-refractivity contribution in [3.05, 3.63) is 36.4 Å². The largest absolute Gasteiger partial charge is 0.398 e. The van der Waals surface area contributed by atoms with Crippen LogP contribution >= 0.6 is 11.8 Å². The summed E-state index contributed by atoms with van der Waals surface area (Å²) in [5.41, 5.74) is 7.99. The molecule has 0 aliphatic carbocycles. The van der Waals surface area contributed by atoms with Gasteiger partial charge < -0.3 is 5.73 Å². The van der Waals surface area contributed by atoms with Crippen molar-refractivity contribution in [2.75, 3.05) is 11.5 Å². The maximum absolute atomic E-state index is 5.92. The lowest BCUT2D eigenvalue weighted by molar-refractivity contribution is 1.24. The molecule has 1 aromatic carbocycles. The summed E-state index contributed by atoms with van der Waals surface area (Å²) in [6, 6.07) is 6.14. The molecular formula is C11H15NS. The third-order valence-corrected chi connectivity index (χ3v) is 2.97. The molecule has 0 saturated heterocycles. The summed E-state index contributed by atoms with van der Waals surface area (Å²) in [5.74, 6) is 1.05. The van der Waals surface area contributed by atoms with Crippen molar-refractivity contribution in [3.63, 3.8) is 0 Å². The highest BCUT2D eigenvalue weighted by atomic mass is 32.2. The summed E-state index contributed by atoms with van der Waals surface area (Å²) in [7, 11) is 0. The van der Waals surface area contributed by atoms with Gasteiger partial charge in [0.25, 0.3) is 0 Å². The fraction of sp³-hybridized carbons (Fsp3) is 0.273. The number of para-hydroxylation sites is 1. The lowest BCUT2D eigenvalue weighted by atomic mass is 10.2. The quantitative estimate of drug-likeness (QED) is 0.344. The summed E-state index contributed by atoms with van der Waals surface area (Å²) in [4.78, 5) is 1.18. The fourth-order valence-electron chi connectivity index (χ4n) is 1.03. The van der Waals surface area contributed by atoms with Crippen LogP contribution in [0.5, 0.6) is 0 Å². The van der Waals surface area contributed by atoms with Crippen molar-refractivity contribution in [3.8, 4) is 0 Å². The molecule has 0 aliphatic rings. The first kappa shape index (κ1) is 10.2. The minimum atomic E-state index is 0.913. The molecule has 0 fully saturated rings. The Labute approximate surface area is 84.0 Å². The highest BCUT2D eigenvalue weighted by molar-refractivity contribution is 7.99. The number of aryl methyl sites for hydroxylation is 1. The molecular weight excluding hydrogens is 178 g/mol. The number of hydrogen-bond acceptors (Lipinski definition) is 2. The highest BCUT2D eigenvalue weighted by Crippen LogP contribution is 2.27. The Bertz CT molecular complexity index is 294. The lowest BCUT2D eigenvalue weighted by Gasteiger charge is -2.06. The van der Waals surface area contributed by atoms with Crippen LogP contribution in [0.25, 0.3) is 0 Å². The average Bonchev–Trinajstić information content (AvgIpc) is 2.13. The molecule has 0 aliphatic heterocycles. The summed E-state index contributed by atoms with van der Waals surface area (Å²) < 4.78 is 0. The van der Waals surface area contributed by atoms with Gasteiger partial charge in [0.05, 0.1) is 0 Å². The molecule has 1 nitrogen and oxygen atoms in total. The Balaban J connectivity index is 2.65. The minimum absolute atomic E-state index is 0.913. The van der Waals surface area contributed by atoms with Gasteiger partial charge in [0, 0.05) is 16.3 Å². The molecule has 0 atom stereocenters. The number of thioether (sulfide) groups is 1. The van der Waals surface area contributed by atoms with Gasteiger partial charge in [0.2, 0.25) is 0 Å². The minimum Gasteiger partial charge on any atom is -0.398 e. The van der Waals surface area contributed by atoms with Gasteiger partial charge in [-0.1, -0.05) is 18.2 Å². The van der Waals surface area contributed by atoms with Crippen molar-refractivity contribution in [2.45, 2.75) is 18.2 Å². The van der Waals surface area contributed by atoms with Gasteiger partial charge in [-0.3, -0.25) is 0 Å². The van der Waals surface area contributed by atoms with Crippen molar-refractivity contribution in [1.29, 1.82) is 0 Å². The normalized spacial score (nSPS) is 9.92. The molecule has 0 bridgehead atoms. The number of anilines is 1. The number of benzene rings is 1. The van der Waals surface area contributed by atoms with E-state index in [0.29, 0.717) is 0 Å². The molecule has 70 valence electrons. The van der Waals surface area contributed by atoms with Gasteiger partial charge in [-0.05, 0) is 25.0 Å². The van der Waals surface area contributed by atoms with Crippen molar-refractivity contribution < 1.29 is 0 Å². The van der Waals surface area contributed by atoms with Crippen LogP contribution in [0.1, 0.15) is 12.0 Å². The molecule has 0 radical (unpaired) electrons. The molecule has 1 rings (SSSR count). The molecule has 2 N–H and O–H groups in total. The van der Waals surface area contributed by atoms with Crippen molar-refractivity contribution >= 4 is 17.4 Å². The highest BCUT2D eigenvalue weighted by Gasteiger charge is 2.00. The molecule has 0 aromatic heterocycles. The van der Waals surface area contributed by atoms with Gasteiger partial charge in [-0.2, -0.15) is 0 Å². The zero-order valence-corrected chi connectivity index (χ0v) is 8.73. The molecule has 1 aromatic rings. The summed E-state index contributed by atoms with van der Waals surface area (Å²) in [5, 5.41) is 0. The van der Waals surface area contributed by atoms with Crippen LogP contribution in [-0.4, -0.2) is 5.75 Å². The Morgan fingerprint density at radius 2 is 2.31 bits per heavy atom. The summed E-state index contributed by atoms with van der Waals surface area (Å²) >= 11 is 1.79. The second kappa shape index (κ2) is 4.97. The first-order valence-electron chi connectivity index (χ1n) is 4.34. The molecule has 0 spiro atoms. The van der Waals surface area contributed by atoms with E-state index in [1.165, 1.54) is 4.90 Å². The van der Waals surface area contributed by atoms with Crippen LogP contribution in [-0.2, 0) is 0 Å². The third kappa shape index (κ3) is 2.81. The smallest absolute Gasteiger partial charge is 0.0481 e. The Kier molecular flexibility index (Phi) is 3.90. The van der Waals surface area contributed by atoms with Gasteiger partial charge in [-0.25, -0.2) is 0 Å². The summed E-state index contributed by atoms with van der Waals surface area (Å²) in [6.45, 7) is 5.72. The molecule has 13 heavy (non-hydrogen) atoms. The van der Waals surface area contributed by atoms with Gasteiger partial charge in [-0.15, -0.1) is 18.3 Å². The van der Waals surface area contributed by atoms with Gasteiger partial charge >= 0.3 is 0 Å². The number of hydrogen-bond donors (Lipinski definition) is 1. The SMILES string of the molecule is C=CCCSc1cccc(C)c1N. The molecule has 0 unspecified atom stereocenters. The van der Waals surface area contributed by atoms with E-state index in [0.717, 1.165) is 23.4 Å². The molecule has 2 heteroatoms. The topological polar surface area (TPSA) is 26.0 Å².